The van der Waals surface area contributed by atoms with E-state index < -0.39 is 97.5 Å². The molecule has 3 unspecified atom stereocenters. The molecule has 17 nitrogen and oxygen atoms in total. The highest BCUT2D eigenvalue weighted by Gasteiger charge is 2.30. The molecule has 0 saturated carbocycles. The zero-order chi connectivity index (χ0) is 58.0. The maximum atomic E-state index is 12.9. The Hall–Kier alpha value is -1.94. The Morgan fingerprint density at radius 2 is 0.654 bits per heavy atom. The fourth-order valence-corrected chi connectivity index (χ4v) is 10.2. The molecule has 0 aliphatic heterocycles. The molecule has 6 atom stereocenters. The molecular formula is C59H114O17P2. The van der Waals surface area contributed by atoms with E-state index in [0.29, 0.717) is 31.6 Å². The Kier molecular flexibility index (Phi) is 50.6. The lowest BCUT2D eigenvalue weighted by Gasteiger charge is -2.21. The third-order valence-corrected chi connectivity index (χ3v) is 15.7. The summed E-state index contributed by atoms with van der Waals surface area (Å²) in [5.74, 6) is -0.720. The maximum Gasteiger partial charge on any atom is 0.472 e. The molecule has 0 aromatic rings. The number of hydrogen-bond acceptors (Lipinski definition) is 15. The average molecular weight is 1160 g/mol. The molecule has 0 spiro atoms. The number of esters is 4. The molecule has 3 N–H and O–H groups in total. The molecule has 0 aliphatic rings. The number of carbonyl (C=O) groups is 4. The number of ether oxygens (including phenoxy) is 4. The van der Waals surface area contributed by atoms with Crippen molar-refractivity contribution >= 4 is 39.5 Å². The number of phosphoric acid groups is 2. The topological polar surface area (TPSA) is 237 Å². The van der Waals surface area contributed by atoms with E-state index in [0.717, 1.165) is 109 Å². The van der Waals surface area contributed by atoms with Crippen LogP contribution in [0.4, 0.5) is 0 Å². The van der Waals surface area contributed by atoms with Gasteiger partial charge in [0.05, 0.1) is 26.4 Å². The summed E-state index contributed by atoms with van der Waals surface area (Å²) in [6, 6.07) is 0. The van der Waals surface area contributed by atoms with Crippen LogP contribution in [0.2, 0.25) is 0 Å². The smallest absolute Gasteiger partial charge is 0.462 e. The van der Waals surface area contributed by atoms with E-state index in [4.69, 9.17) is 37.0 Å². The zero-order valence-electron chi connectivity index (χ0n) is 50.0. The molecule has 0 aromatic heterocycles. The number of phosphoric ester groups is 2. The number of aliphatic hydroxyl groups excluding tert-OH is 1. The minimum Gasteiger partial charge on any atom is -0.462 e. The van der Waals surface area contributed by atoms with E-state index >= 15 is 0 Å². The van der Waals surface area contributed by atoms with Crippen molar-refractivity contribution in [2.45, 2.75) is 304 Å². The van der Waals surface area contributed by atoms with Crippen molar-refractivity contribution in [1.82, 2.24) is 0 Å². The first-order valence-corrected chi connectivity index (χ1v) is 34.0. The minimum atomic E-state index is -4.94. The van der Waals surface area contributed by atoms with Gasteiger partial charge in [0.2, 0.25) is 0 Å². The predicted molar refractivity (Wildman–Crippen MR) is 308 cm³/mol. The van der Waals surface area contributed by atoms with Gasteiger partial charge in [-0.3, -0.25) is 37.3 Å². The third-order valence-electron chi connectivity index (χ3n) is 13.8. The Morgan fingerprint density at radius 1 is 0.372 bits per heavy atom. The molecule has 0 radical (unpaired) electrons. The van der Waals surface area contributed by atoms with Gasteiger partial charge >= 0.3 is 39.5 Å². The fourth-order valence-electron chi connectivity index (χ4n) is 8.61. The van der Waals surface area contributed by atoms with Crippen LogP contribution in [0.15, 0.2) is 0 Å². The van der Waals surface area contributed by atoms with Gasteiger partial charge in [0.15, 0.2) is 12.2 Å². The summed E-state index contributed by atoms with van der Waals surface area (Å²) in [5.41, 5.74) is 0. The van der Waals surface area contributed by atoms with Crippen LogP contribution in [0.5, 0.6) is 0 Å². The highest BCUT2D eigenvalue weighted by atomic mass is 31.2. The number of rotatable bonds is 58. The maximum absolute atomic E-state index is 12.9. The molecular weight excluding hydrogens is 1040 g/mol. The van der Waals surface area contributed by atoms with E-state index in [1.807, 2.05) is 0 Å². The van der Waals surface area contributed by atoms with E-state index in [1.54, 1.807) is 0 Å². The summed E-state index contributed by atoms with van der Waals surface area (Å²) in [6.45, 7) is 9.31. The van der Waals surface area contributed by atoms with Crippen molar-refractivity contribution < 1.29 is 80.2 Å². The van der Waals surface area contributed by atoms with Gasteiger partial charge in [-0.1, -0.05) is 234 Å². The highest BCUT2D eigenvalue weighted by molar-refractivity contribution is 7.47. The summed E-state index contributed by atoms with van der Waals surface area (Å²) in [4.78, 5) is 71.8. The van der Waals surface area contributed by atoms with Gasteiger partial charge in [0.1, 0.15) is 19.3 Å². The van der Waals surface area contributed by atoms with Crippen molar-refractivity contribution in [2.75, 3.05) is 39.6 Å². The third kappa shape index (κ3) is 52.2. The lowest BCUT2D eigenvalue weighted by atomic mass is 10.00. The van der Waals surface area contributed by atoms with E-state index in [1.165, 1.54) is 89.9 Å². The Labute approximate surface area is 473 Å². The van der Waals surface area contributed by atoms with E-state index in [9.17, 15) is 43.2 Å². The largest absolute Gasteiger partial charge is 0.472 e. The molecule has 0 amide bonds. The lowest BCUT2D eigenvalue weighted by molar-refractivity contribution is -0.161. The predicted octanol–water partition coefficient (Wildman–Crippen LogP) is 15.7. The van der Waals surface area contributed by atoms with Gasteiger partial charge in [-0.25, -0.2) is 9.13 Å². The van der Waals surface area contributed by atoms with Crippen molar-refractivity contribution in [3.05, 3.63) is 0 Å². The van der Waals surface area contributed by atoms with Crippen LogP contribution < -0.4 is 0 Å². The van der Waals surface area contributed by atoms with Gasteiger partial charge in [-0.2, -0.15) is 0 Å². The van der Waals surface area contributed by atoms with Crippen LogP contribution >= 0.6 is 15.6 Å². The van der Waals surface area contributed by atoms with Crippen molar-refractivity contribution in [2.24, 2.45) is 11.8 Å². The van der Waals surface area contributed by atoms with Crippen LogP contribution in [0.25, 0.3) is 0 Å². The molecule has 0 heterocycles. The molecule has 462 valence electrons. The van der Waals surface area contributed by atoms with Gasteiger partial charge in [0, 0.05) is 25.7 Å². The number of carbonyl (C=O) groups excluding carboxylic acids is 4. The summed E-state index contributed by atoms with van der Waals surface area (Å²) >= 11 is 0. The minimum absolute atomic E-state index is 0.102. The van der Waals surface area contributed by atoms with Crippen LogP contribution in [0, 0.1) is 11.8 Å². The van der Waals surface area contributed by atoms with Gasteiger partial charge < -0.3 is 33.8 Å². The second-order valence-corrected chi connectivity index (χ2v) is 25.0. The summed E-state index contributed by atoms with van der Waals surface area (Å²) in [5, 5.41) is 10.5. The first-order chi connectivity index (χ1) is 37.4. The Balaban J connectivity index is 5.23. The summed E-state index contributed by atoms with van der Waals surface area (Å²) in [6.07, 6.45) is 32.2. The van der Waals surface area contributed by atoms with Crippen molar-refractivity contribution in [3.63, 3.8) is 0 Å². The second-order valence-electron chi connectivity index (χ2n) is 22.1. The van der Waals surface area contributed by atoms with Crippen LogP contribution in [-0.4, -0.2) is 96.7 Å². The first kappa shape index (κ1) is 76.1. The van der Waals surface area contributed by atoms with E-state index in [-0.39, 0.29) is 25.7 Å². The monoisotopic (exact) mass is 1160 g/mol. The average Bonchev–Trinajstić information content (AvgIpc) is 3.40. The number of aliphatic hydroxyl groups is 1. The molecule has 0 aliphatic carbocycles. The van der Waals surface area contributed by atoms with Crippen LogP contribution in [-0.2, 0) is 65.4 Å². The molecule has 0 saturated heterocycles. The summed E-state index contributed by atoms with van der Waals surface area (Å²) < 4.78 is 67.7. The van der Waals surface area contributed by atoms with Crippen LogP contribution in [0.1, 0.15) is 286 Å². The van der Waals surface area contributed by atoms with E-state index in [2.05, 4.69) is 41.5 Å². The Morgan fingerprint density at radius 3 is 0.974 bits per heavy atom. The first-order valence-electron chi connectivity index (χ1n) is 31.0. The molecule has 0 bridgehead atoms. The Bertz CT molecular complexity index is 1550. The highest BCUT2D eigenvalue weighted by Crippen LogP contribution is 2.45. The molecule has 78 heavy (non-hydrogen) atoms. The summed E-state index contributed by atoms with van der Waals surface area (Å²) in [7, 11) is -9.87. The van der Waals surface area contributed by atoms with Crippen LogP contribution in [0.3, 0.4) is 0 Å². The normalized spacial score (nSPS) is 14.8. The number of unbranched alkanes of at least 4 members (excludes halogenated alkanes) is 27. The molecule has 0 rings (SSSR count). The SMILES string of the molecule is CCCCCCCCCCCCC(=O)O[C@H](COC(=O)CCCCCCCCCC)COP(=O)(O)OC[C@H](O)COP(=O)(O)OC[C@@H](COC(=O)CCCCCCCCC(C)CC)OC(=O)CCCCCCCCCC(C)C. The molecule has 19 heteroatoms. The van der Waals surface area contributed by atoms with Gasteiger partial charge in [-0.05, 0) is 37.5 Å². The van der Waals surface area contributed by atoms with Crippen molar-refractivity contribution in [3.8, 4) is 0 Å². The lowest BCUT2D eigenvalue weighted by Crippen LogP contribution is -2.30. The van der Waals surface area contributed by atoms with Gasteiger partial charge in [0.25, 0.3) is 0 Å². The fraction of sp³-hybridized carbons (Fsp3) is 0.932. The number of hydrogen-bond donors (Lipinski definition) is 3. The second kappa shape index (κ2) is 51.9. The molecule has 0 fully saturated rings. The van der Waals surface area contributed by atoms with Crippen molar-refractivity contribution in [1.29, 1.82) is 0 Å². The quantitative estimate of drug-likeness (QED) is 0.0222. The zero-order valence-corrected chi connectivity index (χ0v) is 51.7. The molecule has 0 aromatic carbocycles. The standard InChI is InChI=1S/C59H114O17P2/c1-7-10-12-14-16-18-19-23-31-37-43-58(63)75-54(47-69-56(61)41-35-29-22-17-15-13-11-8-2)49-73-77(65,66)71-45-53(60)46-72-78(67,68)74-50-55(76-59(64)44-38-32-24-20-21-27-33-39-51(4)5)48-70-57(62)42-36-30-26-25-28-34-40-52(6)9-3/h51-55,60H,7-50H2,1-6H3,(H,65,66)(H,67,68)/t52?,53-,54+,55+/m0/s1. The van der Waals surface area contributed by atoms with Gasteiger partial charge in [-0.15, -0.1) is 0 Å².